The molecule has 2 rings (SSSR count). The van der Waals surface area contributed by atoms with Crippen molar-refractivity contribution >= 4 is 17.3 Å². The molecule has 2 N–H and O–H groups in total. The summed E-state index contributed by atoms with van der Waals surface area (Å²) in [6, 6.07) is 11.2. The fourth-order valence-corrected chi connectivity index (χ4v) is 1.90. The van der Waals surface area contributed by atoms with Gasteiger partial charge in [0.05, 0.1) is 0 Å². The molecule has 0 fully saturated rings. The molecule has 2 aromatic rings. The molecule has 0 unspecified atom stereocenters. The highest BCUT2D eigenvalue weighted by atomic mass is 35.5. The smallest absolute Gasteiger partial charge is 0.222 e. The highest BCUT2D eigenvalue weighted by molar-refractivity contribution is 6.29. The third kappa shape index (κ3) is 3.61. The van der Waals surface area contributed by atoms with Crippen molar-refractivity contribution < 1.29 is 4.74 Å². The van der Waals surface area contributed by atoms with Crippen LogP contribution in [0.15, 0.2) is 36.4 Å². The lowest BCUT2D eigenvalue weighted by Gasteiger charge is -2.19. The van der Waals surface area contributed by atoms with Crippen LogP contribution in [0.25, 0.3) is 0 Å². The number of nitrogen functional groups attached to an aromatic ring is 1. The molecule has 0 saturated heterocycles. The topological polar surface area (TPSA) is 48.1 Å². The number of pyridine rings is 1. The highest BCUT2D eigenvalue weighted by Gasteiger charge is 2.14. The van der Waals surface area contributed by atoms with E-state index >= 15 is 0 Å². The summed E-state index contributed by atoms with van der Waals surface area (Å²) in [5.41, 5.74) is 7.50. The lowest BCUT2D eigenvalue weighted by molar-refractivity contribution is 0.460. The van der Waals surface area contributed by atoms with E-state index in [1.807, 2.05) is 18.2 Å². The second-order valence-corrected chi connectivity index (χ2v) is 5.83. The summed E-state index contributed by atoms with van der Waals surface area (Å²) in [5.74, 6) is 1.12. The second-order valence-electron chi connectivity index (χ2n) is 5.44. The summed E-state index contributed by atoms with van der Waals surface area (Å²) in [4.78, 5) is 4.08. The fraction of sp³-hybridized carbons (Fsp3) is 0.267. The first kappa shape index (κ1) is 13.7. The second kappa shape index (κ2) is 5.10. The van der Waals surface area contributed by atoms with Gasteiger partial charge in [-0.25, -0.2) is 4.98 Å². The van der Waals surface area contributed by atoms with Gasteiger partial charge in [0.1, 0.15) is 10.9 Å². The number of hydrogen-bond acceptors (Lipinski definition) is 3. The van der Waals surface area contributed by atoms with Crippen LogP contribution in [-0.2, 0) is 5.41 Å². The zero-order valence-electron chi connectivity index (χ0n) is 11.3. The van der Waals surface area contributed by atoms with Gasteiger partial charge in [-0.05, 0) is 29.2 Å². The summed E-state index contributed by atoms with van der Waals surface area (Å²) in [6.45, 7) is 6.46. The average Bonchev–Trinajstić information content (AvgIpc) is 2.26. The van der Waals surface area contributed by atoms with E-state index in [-0.39, 0.29) is 5.41 Å². The molecule has 0 bridgehead atoms. The van der Waals surface area contributed by atoms with Gasteiger partial charge in [-0.3, -0.25) is 0 Å². The van der Waals surface area contributed by atoms with Crippen molar-refractivity contribution in [2.75, 3.05) is 5.73 Å². The molecule has 0 amide bonds. The predicted molar refractivity (Wildman–Crippen MR) is 78.9 cm³/mol. The van der Waals surface area contributed by atoms with Crippen LogP contribution < -0.4 is 10.5 Å². The highest BCUT2D eigenvalue weighted by Crippen LogP contribution is 2.28. The van der Waals surface area contributed by atoms with Gasteiger partial charge in [-0.2, -0.15) is 0 Å². The molecule has 1 heterocycles. The van der Waals surface area contributed by atoms with Gasteiger partial charge >= 0.3 is 0 Å². The Balaban J connectivity index is 2.28. The molecule has 19 heavy (non-hydrogen) atoms. The maximum Gasteiger partial charge on any atom is 0.222 e. The third-order valence-electron chi connectivity index (χ3n) is 2.72. The van der Waals surface area contributed by atoms with Gasteiger partial charge in [0.25, 0.3) is 0 Å². The van der Waals surface area contributed by atoms with Crippen LogP contribution in [0, 0.1) is 0 Å². The zero-order valence-corrected chi connectivity index (χ0v) is 12.0. The average molecular weight is 277 g/mol. The zero-order chi connectivity index (χ0) is 14.0. The molecule has 1 aromatic heterocycles. The van der Waals surface area contributed by atoms with E-state index in [0.717, 1.165) is 5.75 Å². The first-order valence-corrected chi connectivity index (χ1v) is 6.44. The maximum atomic E-state index is 5.85. The standard InChI is InChI=1S/C15H17ClN2O/c1-15(2,3)10-5-4-6-12(7-10)19-14-9-11(17)8-13(16)18-14/h4-9H,1-3H3,(H2,17,18). The van der Waals surface area contributed by atoms with Gasteiger partial charge in [-0.15, -0.1) is 0 Å². The number of nitrogens with two attached hydrogens (primary N) is 1. The van der Waals surface area contributed by atoms with Crippen molar-refractivity contribution in [3.63, 3.8) is 0 Å². The Kier molecular flexibility index (Phi) is 3.67. The lowest BCUT2D eigenvalue weighted by Crippen LogP contribution is -2.10. The molecule has 0 aliphatic carbocycles. The van der Waals surface area contributed by atoms with Crippen molar-refractivity contribution in [2.24, 2.45) is 0 Å². The van der Waals surface area contributed by atoms with E-state index in [1.54, 1.807) is 12.1 Å². The van der Waals surface area contributed by atoms with Gasteiger partial charge in [0.15, 0.2) is 0 Å². The Morgan fingerprint density at radius 3 is 2.53 bits per heavy atom. The van der Waals surface area contributed by atoms with E-state index in [2.05, 4.69) is 31.8 Å². The largest absolute Gasteiger partial charge is 0.439 e. The van der Waals surface area contributed by atoms with Crippen LogP contribution >= 0.6 is 11.6 Å². The molecule has 100 valence electrons. The Bertz CT molecular complexity index is 571. The molecular weight excluding hydrogens is 260 g/mol. The number of hydrogen-bond donors (Lipinski definition) is 1. The van der Waals surface area contributed by atoms with Crippen molar-refractivity contribution in [1.82, 2.24) is 4.98 Å². The van der Waals surface area contributed by atoms with Crippen LogP contribution in [-0.4, -0.2) is 4.98 Å². The molecule has 0 atom stereocenters. The number of rotatable bonds is 2. The van der Waals surface area contributed by atoms with Crippen molar-refractivity contribution in [1.29, 1.82) is 0 Å². The molecule has 0 saturated carbocycles. The van der Waals surface area contributed by atoms with Gasteiger partial charge in [0.2, 0.25) is 5.88 Å². The number of ether oxygens (including phenoxy) is 1. The SMILES string of the molecule is CC(C)(C)c1cccc(Oc2cc(N)cc(Cl)n2)c1. The fourth-order valence-electron chi connectivity index (χ4n) is 1.69. The van der Waals surface area contributed by atoms with Crippen LogP contribution in [0.4, 0.5) is 5.69 Å². The summed E-state index contributed by atoms with van der Waals surface area (Å²) >= 11 is 5.85. The third-order valence-corrected chi connectivity index (χ3v) is 2.91. The normalized spacial score (nSPS) is 11.4. The van der Waals surface area contributed by atoms with Crippen LogP contribution in [0.1, 0.15) is 26.3 Å². The summed E-state index contributed by atoms with van der Waals surface area (Å²) < 4.78 is 5.70. The molecular formula is C15H17ClN2O. The van der Waals surface area contributed by atoms with E-state index < -0.39 is 0 Å². The van der Waals surface area contributed by atoms with Gasteiger partial charge in [0, 0.05) is 11.8 Å². The lowest BCUT2D eigenvalue weighted by atomic mass is 9.87. The summed E-state index contributed by atoms with van der Waals surface area (Å²) in [7, 11) is 0. The molecule has 0 radical (unpaired) electrons. The van der Waals surface area contributed by atoms with Gasteiger partial charge < -0.3 is 10.5 Å². The van der Waals surface area contributed by atoms with E-state index in [0.29, 0.717) is 16.7 Å². The Labute approximate surface area is 118 Å². The van der Waals surface area contributed by atoms with Crippen LogP contribution in [0.2, 0.25) is 5.15 Å². The van der Waals surface area contributed by atoms with Gasteiger partial charge in [-0.1, -0.05) is 44.5 Å². The van der Waals surface area contributed by atoms with Crippen LogP contribution in [0.3, 0.4) is 0 Å². The minimum Gasteiger partial charge on any atom is -0.439 e. The number of halogens is 1. The number of benzene rings is 1. The Hall–Kier alpha value is -1.74. The summed E-state index contributed by atoms with van der Waals surface area (Å²) in [5, 5.41) is 0.321. The maximum absolute atomic E-state index is 5.85. The van der Waals surface area contributed by atoms with Crippen molar-refractivity contribution in [2.45, 2.75) is 26.2 Å². The molecule has 0 aliphatic rings. The molecule has 0 spiro atoms. The summed E-state index contributed by atoms with van der Waals surface area (Å²) in [6.07, 6.45) is 0. The predicted octanol–water partition coefficient (Wildman–Crippen LogP) is 4.41. The quantitative estimate of drug-likeness (QED) is 0.827. The molecule has 3 nitrogen and oxygen atoms in total. The van der Waals surface area contributed by atoms with Crippen LogP contribution in [0.5, 0.6) is 11.6 Å². The first-order chi connectivity index (χ1) is 8.84. The monoisotopic (exact) mass is 276 g/mol. The number of nitrogens with zero attached hydrogens (tertiary/aromatic N) is 1. The molecule has 0 aliphatic heterocycles. The van der Waals surface area contributed by atoms with E-state index in [1.165, 1.54) is 5.56 Å². The van der Waals surface area contributed by atoms with Crippen molar-refractivity contribution in [3.05, 3.63) is 47.1 Å². The Morgan fingerprint density at radius 2 is 1.89 bits per heavy atom. The minimum absolute atomic E-state index is 0.0696. The van der Waals surface area contributed by atoms with Crippen molar-refractivity contribution in [3.8, 4) is 11.6 Å². The number of anilines is 1. The first-order valence-electron chi connectivity index (χ1n) is 6.06. The van der Waals surface area contributed by atoms with E-state index in [9.17, 15) is 0 Å². The minimum atomic E-state index is 0.0696. The Morgan fingerprint density at radius 1 is 1.16 bits per heavy atom. The number of aromatic nitrogens is 1. The van der Waals surface area contributed by atoms with E-state index in [4.69, 9.17) is 22.1 Å². The molecule has 1 aromatic carbocycles. The molecule has 4 heteroatoms.